The lowest BCUT2D eigenvalue weighted by Crippen LogP contribution is -2.62. The van der Waals surface area contributed by atoms with E-state index in [1.165, 1.54) is 0 Å². The molecule has 0 aromatic carbocycles. The van der Waals surface area contributed by atoms with Crippen molar-refractivity contribution >= 4 is 0 Å². The zero-order chi connectivity index (χ0) is 22.3. The maximum absolute atomic E-state index is 10.1. The third-order valence-electron chi connectivity index (χ3n) is 6.34. The molecule has 0 spiro atoms. The summed E-state index contributed by atoms with van der Waals surface area (Å²) < 4.78 is 11.4. The standard InChI is InChI=1S/C20H42N4O6/c21-11-9-13(23)19(17(27)15(11)25)29-7-5-3-1-2-4-6-8-30-20-14(24)10-12(22)16(26)18(20)28/h11-20,25-28H,1-10,21-24H2/t11-,12-,13+,14+,15+,16+,17-,18-,19-,20-/m1/s1. The average molecular weight is 435 g/mol. The minimum atomic E-state index is -1.04. The van der Waals surface area contributed by atoms with Crippen LogP contribution < -0.4 is 22.9 Å². The fourth-order valence-electron chi connectivity index (χ4n) is 4.37. The van der Waals surface area contributed by atoms with Crippen molar-refractivity contribution in [2.75, 3.05) is 13.2 Å². The van der Waals surface area contributed by atoms with Crippen molar-refractivity contribution in [2.24, 2.45) is 22.9 Å². The summed E-state index contributed by atoms with van der Waals surface area (Å²) in [6, 6.07) is -1.77. The van der Waals surface area contributed by atoms with Gasteiger partial charge in [-0.15, -0.1) is 0 Å². The molecule has 0 saturated heterocycles. The highest BCUT2D eigenvalue weighted by molar-refractivity contribution is 4.98. The van der Waals surface area contributed by atoms with Gasteiger partial charge < -0.3 is 52.8 Å². The van der Waals surface area contributed by atoms with Gasteiger partial charge in [-0.1, -0.05) is 25.7 Å². The van der Waals surface area contributed by atoms with E-state index in [9.17, 15) is 20.4 Å². The second-order valence-corrected chi connectivity index (χ2v) is 8.88. The molecule has 178 valence electrons. The number of aliphatic hydroxyl groups excluding tert-OH is 4. The van der Waals surface area contributed by atoms with Crippen LogP contribution in [0, 0.1) is 0 Å². The maximum Gasteiger partial charge on any atom is 0.109 e. The van der Waals surface area contributed by atoms with Crippen molar-refractivity contribution in [1.29, 1.82) is 0 Å². The highest BCUT2D eigenvalue weighted by Crippen LogP contribution is 2.22. The van der Waals surface area contributed by atoms with Crippen LogP contribution in [0.1, 0.15) is 51.4 Å². The fraction of sp³-hybridized carbons (Fsp3) is 1.00. The number of hydrogen-bond acceptors (Lipinski definition) is 10. The van der Waals surface area contributed by atoms with Crippen LogP contribution in [-0.4, -0.2) is 94.4 Å². The topological polar surface area (TPSA) is 203 Å². The molecular weight excluding hydrogens is 392 g/mol. The number of rotatable bonds is 11. The number of unbranched alkanes of at least 4 members (excludes halogenated alkanes) is 5. The van der Waals surface area contributed by atoms with E-state index in [1.807, 2.05) is 0 Å². The Labute approximate surface area is 178 Å². The van der Waals surface area contributed by atoms with E-state index in [0.717, 1.165) is 38.5 Å². The summed E-state index contributed by atoms with van der Waals surface area (Å²) in [5, 5.41) is 39.8. The minimum absolute atomic E-state index is 0.369. The number of hydrogen-bond donors (Lipinski definition) is 8. The normalized spacial score (nSPS) is 42.4. The third-order valence-corrected chi connectivity index (χ3v) is 6.34. The molecule has 30 heavy (non-hydrogen) atoms. The van der Waals surface area contributed by atoms with Crippen molar-refractivity contribution in [2.45, 2.75) is 112 Å². The molecule has 12 N–H and O–H groups in total. The van der Waals surface area contributed by atoms with Gasteiger partial charge in [0.15, 0.2) is 0 Å². The van der Waals surface area contributed by atoms with Gasteiger partial charge in [0.2, 0.25) is 0 Å². The van der Waals surface area contributed by atoms with E-state index in [0.29, 0.717) is 26.1 Å². The molecule has 0 aliphatic heterocycles. The molecule has 0 heterocycles. The van der Waals surface area contributed by atoms with E-state index in [-0.39, 0.29) is 12.1 Å². The predicted octanol–water partition coefficient (Wildman–Crippen LogP) is -2.34. The van der Waals surface area contributed by atoms with Gasteiger partial charge in [-0.05, 0) is 25.7 Å². The lowest BCUT2D eigenvalue weighted by Gasteiger charge is -2.39. The van der Waals surface area contributed by atoms with Gasteiger partial charge in [-0.3, -0.25) is 0 Å². The summed E-state index contributed by atoms with van der Waals surface area (Å²) in [6.45, 7) is 0.977. The summed E-state index contributed by atoms with van der Waals surface area (Å²) in [5.41, 5.74) is 23.5. The zero-order valence-electron chi connectivity index (χ0n) is 17.8. The van der Waals surface area contributed by atoms with Crippen LogP contribution in [0.25, 0.3) is 0 Å². The zero-order valence-corrected chi connectivity index (χ0v) is 17.8. The first-order valence-corrected chi connectivity index (χ1v) is 11.2. The summed E-state index contributed by atoms with van der Waals surface area (Å²) in [7, 11) is 0. The highest BCUT2D eigenvalue weighted by Gasteiger charge is 2.42. The van der Waals surface area contributed by atoms with Crippen molar-refractivity contribution < 1.29 is 29.9 Å². The molecule has 2 rings (SSSR count). The second kappa shape index (κ2) is 12.6. The van der Waals surface area contributed by atoms with E-state index < -0.39 is 48.7 Å². The Morgan fingerprint density at radius 3 is 1.20 bits per heavy atom. The lowest BCUT2D eigenvalue weighted by molar-refractivity contribution is -0.127. The van der Waals surface area contributed by atoms with Gasteiger partial charge in [0.05, 0.1) is 12.2 Å². The van der Waals surface area contributed by atoms with E-state index in [4.69, 9.17) is 32.4 Å². The molecule has 10 atom stereocenters. The first-order valence-electron chi connectivity index (χ1n) is 11.2. The molecule has 10 heteroatoms. The fourth-order valence-corrected chi connectivity index (χ4v) is 4.37. The van der Waals surface area contributed by atoms with E-state index in [2.05, 4.69) is 0 Å². The van der Waals surface area contributed by atoms with Gasteiger partial charge in [-0.2, -0.15) is 0 Å². The van der Waals surface area contributed by atoms with Crippen molar-refractivity contribution in [3.63, 3.8) is 0 Å². The Hall–Kier alpha value is -0.400. The Morgan fingerprint density at radius 1 is 0.500 bits per heavy atom. The molecule has 0 aromatic rings. The van der Waals surface area contributed by atoms with E-state index in [1.54, 1.807) is 0 Å². The molecule has 0 unspecified atom stereocenters. The smallest absolute Gasteiger partial charge is 0.109 e. The summed E-state index contributed by atoms with van der Waals surface area (Å²) in [4.78, 5) is 0. The van der Waals surface area contributed by atoms with Gasteiger partial charge in [0.25, 0.3) is 0 Å². The van der Waals surface area contributed by atoms with Gasteiger partial charge >= 0.3 is 0 Å². The Balaban J connectivity index is 1.48. The quantitative estimate of drug-likeness (QED) is 0.163. The molecule has 0 amide bonds. The average Bonchev–Trinajstić information content (AvgIpc) is 2.70. The third kappa shape index (κ3) is 7.06. The summed E-state index contributed by atoms with van der Waals surface area (Å²) in [5.74, 6) is 0. The lowest BCUT2D eigenvalue weighted by atomic mass is 9.85. The number of aliphatic hydroxyl groups is 4. The van der Waals surface area contributed by atoms with Crippen LogP contribution in [0.15, 0.2) is 0 Å². The number of nitrogens with two attached hydrogens (primary N) is 4. The molecular formula is C20H42N4O6. The molecule has 2 saturated carbocycles. The van der Waals surface area contributed by atoms with Gasteiger partial charge in [-0.25, -0.2) is 0 Å². The Morgan fingerprint density at radius 2 is 0.833 bits per heavy atom. The maximum atomic E-state index is 10.1. The summed E-state index contributed by atoms with van der Waals surface area (Å²) in [6.07, 6.45) is 1.43. The van der Waals surface area contributed by atoms with Crippen molar-refractivity contribution in [1.82, 2.24) is 0 Å². The number of ether oxygens (including phenoxy) is 2. The predicted molar refractivity (Wildman–Crippen MR) is 112 cm³/mol. The van der Waals surface area contributed by atoms with Gasteiger partial charge in [0.1, 0.15) is 24.4 Å². The van der Waals surface area contributed by atoms with Crippen LogP contribution in [-0.2, 0) is 9.47 Å². The molecule has 10 nitrogen and oxygen atoms in total. The first kappa shape index (κ1) is 25.9. The van der Waals surface area contributed by atoms with Crippen LogP contribution >= 0.6 is 0 Å². The molecule has 0 bridgehead atoms. The Bertz CT molecular complexity index is 448. The Kier molecular flexibility index (Phi) is 10.9. The summed E-state index contributed by atoms with van der Waals surface area (Å²) >= 11 is 0. The monoisotopic (exact) mass is 434 g/mol. The largest absolute Gasteiger partial charge is 0.389 e. The van der Waals surface area contributed by atoms with E-state index >= 15 is 0 Å². The molecule has 0 aromatic heterocycles. The van der Waals surface area contributed by atoms with Crippen LogP contribution in [0.2, 0.25) is 0 Å². The van der Waals surface area contributed by atoms with Crippen molar-refractivity contribution in [3.8, 4) is 0 Å². The first-order chi connectivity index (χ1) is 14.2. The van der Waals surface area contributed by atoms with Crippen molar-refractivity contribution in [3.05, 3.63) is 0 Å². The molecule has 2 aliphatic rings. The molecule has 2 fully saturated rings. The minimum Gasteiger partial charge on any atom is -0.389 e. The SMILES string of the molecule is N[C@@H]1C[C@H](N)[C@@H](OCCCCCCCCO[C@H]2[C@H](O)[C@@H](O)[C@H](N)C[C@@H]2N)[C@H](O)[C@H]1O. The van der Waals surface area contributed by atoms with Gasteiger partial charge in [0, 0.05) is 37.4 Å². The highest BCUT2D eigenvalue weighted by atomic mass is 16.5. The second-order valence-electron chi connectivity index (χ2n) is 8.88. The molecule has 2 aliphatic carbocycles. The van der Waals surface area contributed by atoms with Crippen LogP contribution in [0.3, 0.4) is 0 Å². The molecule has 0 radical (unpaired) electrons. The van der Waals surface area contributed by atoms with Crippen LogP contribution in [0.4, 0.5) is 0 Å². The van der Waals surface area contributed by atoms with Crippen LogP contribution in [0.5, 0.6) is 0 Å².